The van der Waals surface area contributed by atoms with Crippen molar-refractivity contribution in [2.24, 2.45) is 0 Å². The number of hydrogen-bond donors (Lipinski definition) is 1. The molecule has 0 spiro atoms. The summed E-state index contributed by atoms with van der Waals surface area (Å²) in [6, 6.07) is -2.48. The number of nitrogens with one attached hydrogen (secondary N) is 1. The normalized spacial score (nSPS) is 20.4. The number of tetrazole rings is 1. The summed E-state index contributed by atoms with van der Waals surface area (Å²) in [6.45, 7) is 1.74. The zero-order chi connectivity index (χ0) is 21.9. The van der Waals surface area contributed by atoms with Crippen molar-refractivity contribution in [1.29, 1.82) is 0 Å². The number of ether oxygens (including phenoxy) is 1. The molecule has 0 unspecified atom stereocenters. The van der Waals surface area contributed by atoms with Crippen LogP contribution in [0.1, 0.15) is 30.4 Å². The molecule has 2 aliphatic rings. The third kappa shape index (κ3) is 6.09. The molecule has 1 aromatic heterocycles. The van der Waals surface area contributed by atoms with Gasteiger partial charge in [0.25, 0.3) is 11.7 Å². The molecule has 2 bridgehead atoms. The minimum Gasteiger partial charge on any atom is -0.724 e. The van der Waals surface area contributed by atoms with E-state index in [1.807, 2.05) is 0 Å². The van der Waals surface area contributed by atoms with E-state index in [9.17, 15) is 27.4 Å². The van der Waals surface area contributed by atoms with Gasteiger partial charge in [-0.1, -0.05) is 0 Å². The summed E-state index contributed by atoms with van der Waals surface area (Å²) >= 11 is 0. The number of carbonyl (C=O) groups excluding carboxylic acids is 3. The van der Waals surface area contributed by atoms with Crippen LogP contribution in [-0.4, -0.2) is 92.9 Å². The SMILES string of the molecule is CCOC(=O)c1nnnn1CCONC(=O)[C@@H]1CC[C@@H]2CN1C(=O)N2OS(=O)(=O)[O-].[Na+]. The van der Waals surface area contributed by atoms with Gasteiger partial charge in [0, 0.05) is 6.54 Å². The van der Waals surface area contributed by atoms with Gasteiger partial charge in [-0.05, 0) is 30.2 Å². The second-order valence-corrected chi connectivity index (χ2v) is 7.22. The van der Waals surface area contributed by atoms with Crippen molar-refractivity contribution in [2.45, 2.75) is 38.4 Å². The van der Waals surface area contributed by atoms with Crippen molar-refractivity contribution >= 4 is 28.3 Å². The van der Waals surface area contributed by atoms with Crippen LogP contribution < -0.4 is 35.0 Å². The minimum atomic E-state index is -5.12. The molecule has 31 heavy (non-hydrogen) atoms. The van der Waals surface area contributed by atoms with Crippen LogP contribution in [0.3, 0.4) is 0 Å². The Kier molecular flexibility index (Phi) is 8.69. The molecule has 2 atom stereocenters. The second-order valence-electron chi connectivity index (χ2n) is 6.25. The molecule has 2 aliphatic heterocycles. The zero-order valence-electron chi connectivity index (χ0n) is 16.7. The van der Waals surface area contributed by atoms with Crippen LogP contribution in [0.25, 0.3) is 0 Å². The van der Waals surface area contributed by atoms with Gasteiger partial charge in [-0.3, -0.25) is 9.63 Å². The van der Waals surface area contributed by atoms with Crippen molar-refractivity contribution in [3.8, 4) is 0 Å². The van der Waals surface area contributed by atoms with Gasteiger partial charge in [0.15, 0.2) is 0 Å². The second kappa shape index (κ2) is 10.6. The van der Waals surface area contributed by atoms with Crippen LogP contribution in [0.2, 0.25) is 0 Å². The molecule has 1 aromatic rings. The van der Waals surface area contributed by atoms with Gasteiger partial charge in [-0.25, -0.2) is 28.2 Å². The maximum absolute atomic E-state index is 12.4. The molecular formula is C13H18N7NaO9S. The number of aromatic nitrogens is 4. The first-order valence-corrected chi connectivity index (χ1v) is 10.1. The van der Waals surface area contributed by atoms with E-state index >= 15 is 0 Å². The standard InChI is InChI=1S/C13H19N7O9S.Na/c1-2-27-12(22)10-14-16-17-19(10)5-6-28-15-11(21)9-4-3-8-7-18(9)13(23)20(8)29-30(24,25)26;/h8-9H,2-7H2,1H3,(H,15,21)(H,24,25,26);/q;+1/p-1/t8-,9+;/m1./s1. The fraction of sp³-hybridized carbons (Fsp3) is 0.692. The summed E-state index contributed by atoms with van der Waals surface area (Å²) < 4.78 is 42.5. The Hall–Kier alpha value is -1.89. The number of esters is 1. The van der Waals surface area contributed by atoms with Crippen LogP contribution in [-0.2, 0) is 35.6 Å². The Labute approximate surface area is 198 Å². The summed E-state index contributed by atoms with van der Waals surface area (Å²) in [5, 5.41) is 11.0. The molecule has 0 radical (unpaired) electrons. The summed E-state index contributed by atoms with van der Waals surface area (Å²) in [5.74, 6) is -1.47. The Morgan fingerprint density at radius 1 is 1.32 bits per heavy atom. The summed E-state index contributed by atoms with van der Waals surface area (Å²) in [5.41, 5.74) is 2.18. The number of amides is 3. The van der Waals surface area contributed by atoms with Gasteiger partial charge in [-0.15, -0.1) is 5.10 Å². The number of piperidine rings is 1. The van der Waals surface area contributed by atoms with Gasteiger partial charge in [0.2, 0.25) is 10.4 Å². The number of nitrogens with zero attached hydrogens (tertiary/aromatic N) is 6. The first kappa shape index (κ1) is 25.4. The topological polar surface area (TPSA) is 198 Å². The quantitative estimate of drug-likeness (QED) is 0.0896. The smallest absolute Gasteiger partial charge is 0.724 e. The van der Waals surface area contributed by atoms with Crippen molar-refractivity contribution in [1.82, 2.24) is 35.7 Å². The molecule has 1 N–H and O–H groups in total. The van der Waals surface area contributed by atoms with Gasteiger partial charge < -0.3 is 14.2 Å². The van der Waals surface area contributed by atoms with E-state index in [2.05, 4.69) is 25.3 Å². The first-order valence-electron chi connectivity index (χ1n) is 8.81. The molecule has 3 rings (SSSR count). The third-order valence-electron chi connectivity index (χ3n) is 4.36. The van der Waals surface area contributed by atoms with Crippen LogP contribution >= 0.6 is 0 Å². The van der Waals surface area contributed by atoms with Crippen molar-refractivity contribution in [2.75, 3.05) is 19.8 Å². The van der Waals surface area contributed by atoms with Crippen LogP contribution in [0.5, 0.6) is 0 Å². The van der Waals surface area contributed by atoms with Gasteiger partial charge >= 0.3 is 41.6 Å². The molecule has 3 amide bonds. The Morgan fingerprint density at radius 2 is 2.06 bits per heavy atom. The molecule has 16 nitrogen and oxygen atoms in total. The number of fused-ring (bicyclic) bond motifs is 2. The van der Waals surface area contributed by atoms with E-state index in [0.29, 0.717) is 5.06 Å². The summed E-state index contributed by atoms with van der Waals surface area (Å²) in [4.78, 5) is 42.5. The molecule has 0 aromatic carbocycles. The third-order valence-corrected chi connectivity index (χ3v) is 4.71. The molecule has 2 fully saturated rings. The van der Waals surface area contributed by atoms with E-state index in [1.54, 1.807) is 6.92 Å². The number of hydrogen-bond acceptors (Lipinski definition) is 12. The molecule has 0 saturated carbocycles. The van der Waals surface area contributed by atoms with Crippen LogP contribution in [0.4, 0.5) is 4.79 Å². The van der Waals surface area contributed by atoms with Crippen molar-refractivity contribution in [3.63, 3.8) is 0 Å². The molecule has 0 aliphatic carbocycles. The Bertz CT molecular complexity index is 926. The molecule has 3 heterocycles. The average Bonchev–Trinajstić information content (AvgIpc) is 3.24. The minimum absolute atomic E-state index is 0. The fourth-order valence-electron chi connectivity index (χ4n) is 3.12. The first-order chi connectivity index (χ1) is 14.2. The molecule has 166 valence electrons. The largest absolute Gasteiger partial charge is 1.00 e. The van der Waals surface area contributed by atoms with Gasteiger partial charge in [0.05, 0.1) is 25.8 Å². The Morgan fingerprint density at radius 3 is 2.74 bits per heavy atom. The number of urea groups is 1. The Balaban J connectivity index is 0.00000341. The van der Waals surface area contributed by atoms with Crippen LogP contribution in [0, 0.1) is 0 Å². The molecular weight excluding hydrogens is 453 g/mol. The zero-order valence-corrected chi connectivity index (χ0v) is 19.5. The predicted molar refractivity (Wildman–Crippen MR) is 89.4 cm³/mol. The van der Waals surface area contributed by atoms with E-state index in [4.69, 9.17) is 9.57 Å². The maximum Gasteiger partial charge on any atom is 1.00 e. The van der Waals surface area contributed by atoms with E-state index < -0.39 is 40.4 Å². The van der Waals surface area contributed by atoms with Crippen LogP contribution in [0.15, 0.2) is 0 Å². The van der Waals surface area contributed by atoms with Gasteiger partial charge in [-0.2, -0.15) is 9.35 Å². The van der Waals surface area contributed by atoms with E-state index in [0.717, 1.165) is 9.58 Å². The number of hydroxylamine groups is 3. The monoisotopic (exact) mass is 471 g/mol. The van der Waals surface area contributed by atoms with E-state index in [1.165, 1.54) is 0 Å². The van der Waals surface area contributed by atoms with E-state index in [-0.39, 0.29) is 74.5 Å². The number of carbonyl (C=O) groups is 3. The fourth-order valence-corrected chi connectivity index (χ4v) is 3.50. The molecule has 18 heteroatoms. The number of rotatable bonds is 9. The summed E-state index contributed by atoms with van der Waals surface area (Å²) in [6.07, 6.45) is 0.466. The van der Waals surface area contributed by atoms with Gasteiger partial charge in [0.1, 0.15) is 6.04 Å². The molecule has 2 saturated heterocycles. The average molecular weight is 471 g/mol. The summed E-state index contributed by atoms with van der Waals surface area (Å²) in [7, 11) is -5.12. The maximum atomic E-state index is 12.4. The van der Waals surface area contributed by atoms with Crippen molar-refractivity contribution in [3.05, 3.63) is 5.82 Å². The van der Waals surface area contributed by atoms with Crippen molar-refractivity contribution < 1.29 is 70.8 Å². The predicted octanol–water partition coefficient (Wildman–Crippen LogP) is -5.44.